The van der Waals surface area contributed by atoms with Crippen molar-refractivity contribution in [3.8, 4) is 17.1 Å². The molecule has 1 fully saturated rings. The molecular formula is C20H18FN3O3. The lowest BCUT2D eigenvalue weighted by Crippen LogP contribution is -2.27. The Morgan fingerprint density at radius 3 is 2.81 bits per heavy atom. The van der Waals surface area contributed by atoms with Gasteiger partial charge in [-0.25, -0.2) is 4.39 Å². The number of aromatic nitrogens is 2. The number of hydrogen-bond acceptors (Lipinski definition) is 5. The van der Waals surface area contributed by atoms with E-state index in [4.69, 9.17) is 9.26 Å². The highest BCUT2D eigenvalue weighted by Gasteiger charge is 2.36. The minimum atomic E-state index is -0.324. The fourth-order valence-corrected chi connectivity index (χ4v) is 3.25. The van der Waals surface area contributed by atoms with E-state index in [1.54, 1.807) is 24.1 Å². The molecule has 7 heteroatoms. The predicted molar refractivity (Wildman–Crippen MR) is 95.2 cm³/mol. The molecule has 1 unspecified atom stereocenters. The summed E-state index contributed by atoms with van der Waals surface area (Å²) < 4.78 is 24.0. The second-order valence-corrected chi connectivity index (χ2v) is 6.39. The molecule has 27 heavy (non-hydrogen) atoms. The molecule has 0 N–H and O–H groups in total. The summed E-state index contributed by atoms with van der Waals surface area (Å²) in [5.41, 5.74) is 1.52. The van der Waals surface area contributed by atoms with Crippen LogP contribution in [0.5, 0.6) is 5.75 Å². The van der Waals surface area contributed by atoms with E-state index >= 15 is 0 Å². The molecule has 0 radical (unpaired) electrons. The lowest BCUT2D eigenvalue weighted by atomic mass is 10.1. The Kier molecular flexibility index (Phi) is 4.58. The molecule has 1 saturated heterocycles. The lowest BCUT2D eigenvalue weighted by Gasteiger charge is -2.22. The van der Waals surface area contributed by atoms with Gasteiger partial charge in [-0.2, -0.15) is 4.98 Å². The Balaban J connectivity index is 1.56. The third-order valence-corrected chi connectivity index (χ3v) is 4.65. The van der Waals surface area contributed by atoms with Crippen LogP contribution in [0.15, 0.2) is 53.1 Å². The topological polar surface area (TPSA) is 68.5 Å². The van der Waals surface area contributed by atoms with Gasteiger partial charge in [0.2, 0.25) is 17.6 Å². The molecule has 0 bridgehead atoms. The van der Waals surface area contributed by atoms with E-state index in [9.17, 15) is 9.18 Å². The molecular weight excluding hydrogens is 349 g/mol. The van der Waals surface area contributed by atoms with Crippen LogP contribution < -0.4 is 4.74 Å². The van der Waals surface area contributed by atoms with E-state index in [-0.39, 0.29) is 17.8 Å². The summed E-state index contributed by atoms with van der Waals surface area (Å²) in [4.78, 5) is 18.5. The van der Waals surface area contributed by atoms with E-state index in [1.165, 1.54) is 12.1 Å². The minimum Gasteiger partial charge on any atom is -0.497 e. The average molecular weight is 367 g/mol. The van der Waals surface area contributed by atoms with Gasteiger partial charge in [-0.3, -0.25) is 4.79 Å². The van der Waals surface area contributed by atoms with Crippen molar-refractivity contribution < 1.29 is 18.4 Å². The first kappa shape index (κ1) is 17.2. The fraction of sp³-hybridized carbons (Fsp3) is 0.250. The van der Waals surface area contributed by atoms with Crippen LogP contribution in [0, 0.1) is 5.82 Å². The van der Waals surface area contributed by atoms with E-state index in [0.29, 0.717) is 31.1 Å². The monoisotopic (exact) mass is 367 g/mol. The number of hydrogen-bond donors (Lipinski definition) is 0. The number of nitrogens with zero attached hydrogens (tertiary/aromatic N) is 3. The third-order valence-electron chi connectivity index (χ3n) is 4.65. The largest absolute Gasteiger partial charge is 0.497 e. The number of halogens is 1. The van der Waals surface area contributed by atoms with E-state index < -0.39 is 0 Å². The zero-order valence-corrected chi connectivity index (χ0v) is 14.8. The van der Waals surface area contributed by atoms with Gasteiger partial charge in [-0.1, -0.05) is 17.3 Å². The third kappa shape index (κ3) is 3.53. The van der Waals surface area contributed by atoms with E-state index in [2.05, 4.69) is 10.1 Å². The number of benzene rings is 2. The summed E-state index contributed by atoms with van der Waals surface area (Å²) in [6.07, 6.45) is 0.999. The van der Waals surface area contributed by atoms with Crippen molar-refractivity contribution in [3.05, 3.63) is 65.8 Å². The number of amides is 1. The van der Waals surface area contributed by atoms with Gasteiger partial charge in [0, 0.05) is 18.5 Å². The van der Waals surface area contributed by atoms with Gasteiger partial charge in [0.25, 0.3) is 0 Å². The molecule has 1 atom stereocenters. The Hall–Kier alpha value is -3.22. The Labute approximate surface area is 155 Å². The van der Waals surface area contributed by atoms with Crippen molar-refractivity contribution in [3.63, 3.8) is 0 Å². The molecule has 0 saturated carbocycles. The first-order valence-corrected chi connectivity index (χ1v) is 8.66. The van der Waals surface area contributed by atoms with Crippen molar-refractivity contribution >= 4 is 5.91 Å². The maximum atomic E-state index is 13.5. The molecule has 2 aromatic carbocycles. The van der Waals surface area contributed by atoms with Gasteiger partial charge in [-0.05, 0) is 48.4 Å². The van der Waals surface area contributed by atoms with Gasteiger partial charge in [-0.15, -0.1) is 0 Å². The van der Waals surface area contributed by atoms with Gasteiger partial charge in [0.05, 0.1) is 7.11 Å². The minimum absolute atomic E-state index is 0.00606. The number of rotatable bonds is 5. The summed E-state index contributed by atoms with van der Waals surface area (Å²) in [6, 6.07) is 13.3. The van der Waals surface area contributed by atoms with Crippen LogP contribution in [-0.4, -0.2) is 28.1 Å². The highest BCUT2D eigenvalue weighted by molar-refractivity contribution is 5.78. The second-order valence-electron chi connectivity index (χ2n) is 6.39. The Bertz CT molecular complexity index is 955. The summed E-state index contributed by atoms with van der Waals surface area (Å²) >= 11 is 0. The lowest BCUT2D eigenvalue weighted by molar-refractivity contribution is -0.130. The molecule has 0 aliphatic carbocycles. The van der Waals surface area contributed by atoms with Crippen LogP contribution in [-0.2, 0) is 11.3 Å². The molecule has 4 rings (SSSR count). The Morgan fingerprint density at radius 2 is 2.07 bits per heavy atom. The van der Waals surface area contributed by atoms with Gasteiger partial charge < -0.3 is 14.2 Å². The van der Waals surface area contributed by atoms with E-state index in [1.807, 2.05) is 24.3 Å². The molecule has 2 heterocycles. The van der Waals surface area contributed by atoms with Gasteiger partial charge >= 0.3 is 0 Å². The molecule has 3 aromatic rings. The summed E-state index contributed by atoms with van der Waals surface area (Å²) in [6.45, 7) is 0.307. The predicted octanol–water partition coefficient (Wildman–Crippen LogP) is 3.75. The van der Waals surface area contributed by atoms with Crippen molar-refractivity contribution in [1.29, 1.82) is 0 Å². The SMILES string of the molecule is COc1ccc(-c2noc(C3CCC(=O)N3Cc3cccc(F)c3)n2)cc1. The van der Waals surface area contributed by atoms with Crippen LogP contribution in [0.25, 0.3) is 11.4 Å². The zero-order chi connectivity index (χ0) is 18.8. The average Bonchev–Trinajstić information content (AvgIpc) is 3.30. The van der Waals surface area contributed by atoms with Crippen LogP contribution in [0.1, 0.15) is 30.3 Å². The maximum Gasteiger partial charge on any atom is 0.249 e. The van der Waals surface area contributed by atoms with Gasteiger partial charge in [0.1, 0.15) is 17.6 Å². The summed E-state index contributed by atoms with van der Waals surface area (Å²) in [7, 11) is 1.60. The molecule has 1 amide bonds. The number of carbonyl (C=O) groups is 1. The normalized spacial score (nSPS) is 16.7. The molecule has 6 nitrogen and oxygen atoms in total. The highest BCUT2D eigenvalue weighted by atomic mass is 19.1. The molecule has 1 aromatic heterocycles. The summed E-state index contributed by atoms with van der Waals surface area (Å²) in [5.74, 6) is 1.26. The smallest absolute Gasteiger partial charge is 0.249 e. The molecule has 138 valence electrons. The van der Waals surface area contributed by atoms with Crippen molar-refractivity contribution in [2.24, 2.45) is 0 Å². The molecule has 0 spiro atoms. The van der Waals surface area contributed by atoms with Gasteiger partial charge in [0.15, 0.2) is 0 Å². The molecule has 1 aliphatic rings. The van der Waals surface area contributed by atoms with Crippen LogP contribution in [0.4, 0.5) is 4.39 Å². The maximum absolute atomic E-state index is 13.5. The number of methoxy groups -OCH3 is 1. The summed E-state index contributed by atoms with van der Waals surface area (Å²) in [5, 5.41) is 4.04. The van der Waals surface area contributed by atoms with Crippen LogP contribution in [0.3, 0.4) is 0 Å². The van der Waals surface area contributed by atoms with Crippen molar-refractivity contribution in [2.75, 3.05) is 7.11 Å². The number of carbonyl (C=O) groups excluding carboxylic acids is 1. The number of ether oxygens (including phenoxy) is 1. The highest BCUT2D eigenvalue weighted by Crippen LogP contribution is 2.34. The quantitative estimate of drug-likeness (QED) is 0.687. The van der Waals surface area contributed by atoms with Crippen molar-refractivity contribution in [2.45, 2.75) is 25.4 Å². The first-order chi connectivity index (χ1) is 13.1. The second kappa shape index (κ2) is 7.19. The van der Waals surface area contributed by atoms with E-state index in [0.717, 1.165) is 16.9 Å². The molecule has 1 aliphatic heterocycles. The fourth-order valence-electron chi connectivity index (χ4n) is 3.25. The van der Waals surface area contributed by atoms with Crippen LogP contribution >= 0.6 is 0 Å². The zero-order valence-electron chi connectivity index (χ0n) is 14.8. The standard InChI is InChI=1S/C20H18FN3O3/c1-26-16-7-5-14(6-8-16)19-22-20(27-23-19)17-9-10-18(25)24(17)12-13-3-2-4-15(21)11-13/h2-8,11,17H,9-10,12H2,1H3. The van der Waals surface area contributed by atoms with Crippen molar-refractivity contribution in [1.82, 2.24) is 15.0 Å². The van der Waals surface area contributed by atoms with Crippen LogP contribution in [0.2, 0.25) is 0 Å². The number of likely N-dealkylation sites (tertiary alicyclic amines) is 1. The first-order valence-electron chi connectivity index (χ1n) is 8.66. The Morgan fingerprint density at radius 1 is 1.26 bits per heavy atom.